The first-order valence-corrected chi connectivity index (χ1v) is 1.44. The molecule has 0 bridgehead atoms. The average molecular weight is 72.1 g/mol. The zero-order valence-corrected chi connectivity index (χ0v) is 2.68. The third-order valence-corrected chi connectivity index (χ3v) is 0.406. The molecule has 1 aromatic heterocycles. The maximum absolute atomic E-state index is 3.60. The third-order valence-electron chi connectivity index (χ3n) is 0.406. The van der Waals surface area contributed by atoms with Crippen molar-refractivity contribution >= 4 is 0 Å². The molecule has 0 spiro atoms. The average Bonchev–Trinajstić information content (AvgIpc) is 1.76. The van der Waals surface area contributed by atoms with Crippen LogP contribution in [0.3, 0.4) is 0 Å². The number of hydrogen-bond acceptors (Lipinski definition) is 1. The Labute approximate surface area is 32.8 Å². The van der Waals surface area contributed by atoms with Gasteiger partial charge in [-0.15, -0.1) is 0 Å². The van der Waals surface area contributed by atoms with E-state index >= 15 is 0 Å². The highest BCUT2D eigenvalue weighted by molar-refractivity contribution is 4.72. The van der Waals surface area contributed by atoms with Gasteiger partial charge in [-0.1, -0.05) is 0 Å². The van der Waals surface area contributed by atoms with Crippen LogP contribution in [0.5, 0.6) is 0 Å². The fourth-order valence-corrected chi connectivity index (χ4v) is 0.215. The number of nitrogens with one attached hydrogen (secondary N) is 1. The molecular formula is C3H8N2. The molecule has 1 heterocycles. The Morgan fingerprint density at radius 3 is 3.00 bits per heavy atom. The van der Waals surface area contributed by atoms with Crippen molar-refractivity contribution in [2.24, 2.45) is 0 Å². The van der Waals surface area contributed by atoms with Crippen molar-refractivity contribution in [1.29, 1.82) is 0 Å². The smallest absolute Gasteiger partial charge is 0.0487 e. The summed E-state index contributed by atoms with van der Waals surface area (Å²) in [5.74, 6) is 0. The molecule has 0 saturated heterocycles. The summed E-state index contributed by atoms with van der Waals surface area (Å²) in [6.07, 6.45) is 3.46. The van der Waals surface area contributed by atoms with Crippen molar-refractivity contribution in [2.45, 2.75) is 0 Å². The summed E-state index contributed by atoms with van der Waals surface area (Å²) >= 11 is 0. The summed E-state index contributed by atoms with van der Waals surface area (Å²) in [6.45, 7) is 0. The van der Waals surface area contributed by atoms with E-state index in [2.05, 4.69) is 10.2 Å². The monoisotopic (exact) mass is 72.1 g/mol. The van der Waals surface area contributed by atoms with Gasteiger partial charge in [0.1, 0.15) is 0 Å². The van der Waals surface area contributed by atoms with Crippen LogP contribution in [-0.4, -0.2) is 10.2 Å². The van der Waals surface area contributed by atoms with Crippen LogP contribution in [0.25, 0.3) is 0 Å². The second kappa shape index (κ2) is 0.885. The zero-order valence-electron chi connectivity index (χ0n) is 2.68. The lowest BCUT2D eigenvalue weighted by molar-refractivity contribution is 1.09. The van der Waals surface area contributed by atoms with Gasteiger partial charge in [0.2, 0.25) is 0 Å². The van der Waals surface area contributed by atoms with E-state index in [0.29, 0.717) is 0 Å². The van der Waals surface area contributed by atoms with E-state index in [1.165, 1.54) is 0 Å². The van der Waals surface area contributed by atoms with Gasteiger partial charge in [0.25, 0.3) is 0 Å². The largest absolute Gasteiger partial charge is 0.286 e. The fourth-order valence-electron chi connectivity index (χ4n) is 0.215. The summed E-state index contributed by atoms with van der Waals surface area (Å²) in [7, 11) is 0. The fraction of sp³-hybridized carbons (Fsp3) is 0. The lowest BCUT2D eigenvalue weighted by Gasteiger charge is -1.49. The van der Waals surface area contributed by atoms with Gasteiger partial charge in [-0.3, -0.25) is 5.10 Å². The second-order valence-corrected chi connectivity index (χ2v) is 0.766. The van der Waals surface area contributed by atoms with Crippen molar-refractivity contribution in [2.75, 3.05) is 0 Å². The molecule has 0 aliphatic rings. The van der Waals surface area contributed by atoms with Crippen LogP contribution >= 0.6 is 0 Å². The molecule has 0 unspecified atom stereocenters. The van der Waals surface area contributed by atoms with E-state index in [1.807, 2.05) is 6.07 Å². The predicted molar refractivity (Wildman–Crippen MR) is 22.8 cm³/mol. The minimum atomic E-state index is 0. The molecular weight excluding hydrogens is 64.0 g/mol. The van der Waals surface area contributed by atoms with Crippen LogP contribution in [0.1, 0.15) is 2.85 Å². The van der Waals surface area contributed by atoms with E-state index in [0.717, 1.165) is 0 Å². The van der Waals surface area contributed by atoms with E-state index in [9.17, 15) is 0 Å². The molecule has 5 heavy (non-hydrogen) atoms. The molecule has 0 atom stereocenters. The van der Waals surface area contributed by atoms with Crippen LogP contribution in [-0.2, 0) is 0 Å². The molecule has 0 fully saturated rings. The summed E-state index contributed by atoms with van der Waals surface area (Å²) in [6, 6.07) is 1.83. The Hall–Kier alpha value is -0.790. The van der Waals surface area contributed by atoms with Gasteiger partial charge >= 0.3 is 0 Å². The molecule has 0 radical (unpaired) electrons. The number of hydrogen-bond donors (Lipinski definition) is 1. The lowest BCUT2D eigenvalue weighted by atomic mass is 10.8. The third kappa shape index (κ3) is 0.265. The molecule has 2 heteroatoms. The second-order valence-electron chi connectivity index (χ2n) is 0.766. The quantitative estimate of drug-likeness (QED) is 0.484. The summed E-state index contributed by atoms with van der Waals surface area (Å²) < 4.78 is 0. The Morgan fingerprint density at radius 1 is 1.80 bits per heavy atom. The first-order valence-electron chi connectivity index (χ1n) is 1.44. The maximum Gasteiger partial charge on any atom is 0.0487 e. The highest BCUT2D eigenvalue weighted by Gasteiger charge is 1.56. The van der Waals surface area contributed by atoms with Gasteiger partial charge in [-0.05, 0) is 6.07 Å². The molecule has 30 valence electrons. The highest BCUT2D eigenvalue weighted by atomic mass is 15.1. The highest BCUT2D eigenvalue weighted by Crippen LogP contribution is 1.64. The van der Waals surface area contributed by atoms with Gasteiger partial charge < -0.3 is 0 Å². The molecule has 0 amide bonds. The van der Waals surface area contributed by atoms with Gasteiger partial charge in [0, 0.05) is 15.2 Å². The summed E-state index contributed by atoms with van der Waals surface area (Å²) in [5.41, 5.74) is 0. The van der Waals surface area contributed by atoms with Crippen LogP contribution < -0.4 is 0 Å². The van der Waals surface area contributed by atoms with Crippen LogP contribution in [0.2, 0.25) is 0 Å². The van der Waals surface area contributed by atoms with Crippen LogP contribution in [0.4, 0.5) is 0 Å². The molecule has 1 rings (SSSR count). The molecule has 0 aliphatic carbocycles. The predicted octanol–water partition coefficient (Wildman–Crippen LogP) is 0.902. The molecule has 1 N–H and O–H groups in total. The lowest BCUT2D eigenvalue weighted by Crippen LogP contribution is -1.53. The topological polar surface area (TPSA) is 28.7 Å². The number of H-pyrrole nitrogens is 1. The van der Waals surface area contributed by atoms with Gasteiger partial charge in [0.05, 0.1) is 0 Å². The Kier molecular flexibility index (Phi) is 0.433. The Balaban J connectivity index is 0. The Bertz CT molecular complexity index is 67.4. The normalized spacial score (nSPS) is 8.00. The minimum absolute atomic E-state index is 0. The van der Waals surface area contributed by atoms with Gasteiger partial charge in [-0.2, -0.15) is 5.10 Å². The van der Waals surface area contributed by atoms with Gasteiger partial charge in [0.15, 0.2) is 0 Å². The number of nitrogens with zero attached hydrogens (tertiary/aromatic N) is 1. The Morgan fingerprint density at radius 2 is 2.80 bits per heavy atom. The maximum atomic E-state index is 3.60. The standard InChI is InChI=1S/C3H4N2.2H2/c1-2-4-5-3-1;;/h1-3H,(H,4,5);2*1H. The van der Waals surface area contributed by atoms with E-state index in [-0.39, 0.29) is 2.85 Å². The molecule has 2 nitrogen and oxygen atoms in total. The van der Waals surface area contributed by atoms with E-state index < -0.39 is 0 Å². The number of aromatic amines is 1. The summed E-state index contributed by atoms with van der Waals surface area (Å²) in [4.78, 5) is 0. The first-order chi connectivity index (χ1) is 2.50. The van der Waals surface area contributed by atoms with Crippen molar-refractivity contribution in [3.05, 3.63) is 18.5 Å². The van der Waals surface area contributed by atoms with Gasteiger partial charge in [-0.25, -0.2) is 0 Å². The SMILES string of the molecule is [HH].[HH].c1cn[nH]c1. The zero-order chi connectivity index (χ0) is 3.54. The van der Waals surface area contributed by atoms with Crippen molar-refractivity contribution in [1.82, 2.24) is 10.2 Å². The summed E-state index contributed by atoms with van der Waals surface area (Å²) in [5, 5.41) is 6.21. The van der Waals surface area contributed by atoms with E-state index in [4.69, 9.17) is 0 Å². The minimum Gasteiger partial charge on any atom is -0.286 e. The molecule has 0 aromatic carbocycles. The van der Waals surface area contributed by atoms with Crippen LogP contribution in [0.15, 0.2) is 18.5 Å². The van der Waals surface area contributed by atoms with Crippen molar-refractivity contribution < 1.29 is 2.85 Å². The molecule has 0 saturated carbocycles. The first kappa shape index (κ1) is 2.45. The number of aromatic nitrogens is 2. The van der Waals surface area contributed by atoms with E-state index in [1.54, 1.807) is 12.4 Å². The number of rotatable bonds is 0. The van der Waals surface area contributed by atoms with Crippen molar-refractivity contribution in [3.8, 4) is 0 Å². The van der Waals surface area contributed by atoms with Crippen molar-refractivity contribution in [3.63, 3.8) is 0 Å². The molecule has 1 aromatic rings. The molecule has 0 aliphatic heterocycles. The van der Waals surface area contributed by atoms with Crippen LogP contribution in [0, 0.1) is 0 Å².